The maximum absolute atomic E-state index is 11.6. The molecule has 1 N–H and O–H groups in total. The fraction of sp³-hybridized carbons (Fsp3) is 0.643. The highest BCUT2D eigenvalue weighted by atomic mass is 16.5. The van der Waals surface area contributed by atoms with Crippen LogP contribution in [0.25, 0.3) is 0 Å². The Labute approximate surface area is 107 Å². The van der Waals surface area contributed by atoms with Crippen molar-refractivity contribution >= 4 is 5.91 Å². The number of ether oxygens (including phenoxy) is 1. The third-order valence-electron chi connectivity index (χ3n) is 3.76. The van der Waals surface area contributed by atoms with E-state index in [0.29, 0.717) is 32.0 Å². The topological polar surface area (TPSA) is 51.5 Å². The Morgan fingerprint density at radius 3 is 2.83 bits per heavy atom. The van der Waals surface area contributed by atoms with Gasteiger partial charge >= 0.3 is 0 Å². The zero-order chi connectivity index (χ0) is 12.5. The van der Waals surface area contributed by atoms with Crippen LogP contribution in [0.1, 0.15) is 37.2 Å². The Hall–Kier alpha value is -1.29. The van der Waals surface area contributed by atoms with Crippen molar-refractivity contribution in [3.05, 3.63) is 23.7 Å². The first kappa shape index (κ1) is 11.8. The zero-order valence-electron chi connectivity index (χ0n) is 10.6. The van der Waals surface area contributed by atoms with Crippen molar-refractivity contribution in [3.8, 4) is 0 Å². The van der Waals surface area contributed by atoms with Gasteiger partial charge in [0, 0.05) is 18.8 Å². The van der Waals surface area contributed by atoms with Gasteiger partial charge in [-0.1, -0.05) is 6.92 Å². The molecule has 4 heteroatoms. The number of hydrogen-bond acceptors (Lipinski definition) is 3. The second-order valence-electron chi connectivity index (χ2n) is 5.43. The normalized spacial score (nSPS) is 26.7. The fourth-order valence-electron chi connectivity index (χ4n) is 2.30. The third-order valence-corrected chi connectivity index (χ3v) is 3.76. The summed E-state index contributed by atoms with van der Waals surface area (Å²) in [5.41, 5.74) is 0. The minimum Gasteiger partial charge on any atom is -0.466 e. The highest BCUT2D eigenvalue weighted by molar-refractivity contribution is 5.76. The summed E-state index contributed by atoms with van der Waals surface area (Å²) in [5.74, 6) is 3.46. The number of carbonyl (C=O) groups excluding carboxylic acids is 1. The molecule has 18 heavy (non-hydrogen) atoms. The molecule has 1 aliphatic carbocycles. The first-order valence-corrected chi connectivity index (χ1v) is 6.68. The molecule has 0 bridgehead atoms. The highest BCUT2D eigenvalue weighted by Crippen LogP contribution is 2.47. The molecule has 1 saturated carbocycles. The maximum Gasteiger partial charge on any atom is 0.220 e. The van der Waals surface area contributed by atoms with E-state index in [2.05, 4.69) is 18.3 Å². The van der Waals surface area contributed by atoms with Crippen molar-refractivity contribution in [2.75, 3.05) is 13.2 Å². The molecule has 1 aromatic heterocycles. The Bertz CT molecular complexity index is 436. The van der Waals surface area contributed by atoms with E-state index >= 15 is 0 Å². The smallest absolute Gasteiger partial charge is 0.220 e. The summed E-state index contributed by atoms with van der Waals surface area (Å²) < 4.78 is 10.8. The summed E-state index contributed by atoms with van der Waals surface area (Å²) in [4.78, 5) is 11.6. The van der Waals surface area contributed by atoms with E-state index in [0.717, 1.165) is 17.4 Å². The van der Waals surface area contributed by atoms with Gasteiger partial charge in [0.05, 0.1) is 19.3 Å². The lowest BCUT2D eigenvalue weighted by Crippen LogP contribution is -2.48. The van der Waals surface area contributed by atoms with E-state index in [9.17, 15) is 4.79 Å². The summed E-state index contributed by atoms with van der Waals surface area (Å²) in [5, 5.41) is 2.93. The summed E-state index contributed by atoms with van der Waals surface area (Å²) in [6.07, 6.45) is 2.40. The van der Waals surface area contributed by atoms with Crippen LogP contribution in [0.15, 0.2) is 16.5 Å². The van der Waals surface area contributed by atoms with E-state index in [1.165, 1.54) is 6.42 Å². The first-order valence-electron chi connectivity index (χ1n) is 6.68. The molecule has 98 valence electrons. The van der Waals surface area contributed by atoms with Crippen molar-refractivity contribution in [1.82, 2.24) is 5.32 Å². The van der Waals surface area contributed by atoms with E-state index in [1.807, 2.05) is 6.07 Å². The van der Waals surface area contributed by atoms with Gasteiger partial charge in [0.15, 0.2) is 0 Å². The average molecular weight is 249 g/mol. The monoisotopic (exact) mass is 249 g/mol. The van der Waals surface area contributed by atoms with E-state index in [4.69, 9.17) is 9.15 Å². The molecule has 1 aliphatic heterocycles. The third kappa shape index (κ3) is 2.58. The van der Waals surface area contributed by atoms with Crippen LogP contribution >= 0.6 is 0 Å². The molecule has 1 amide bonds. The number of rotatable bonds is 5. The lowest BCUT2D eigenvalue weighted by molar-refractivity contribution is -0.125. The van der Waals surface area contributed by atoms with Crippen molar-refractivity contribution < 1.29 is 13.9 Å². The van der Waals surface area contributed by atoms with Crippen molar-refractivity contribution in [2.24, 2.45) is 5.92 Å². The van der Waals surface area contributed by atoms with Gasteiger partial charge in [0.1, 0.15) is 11.5 Å². The Kier molecular flexibility index (Phi) is 3.12. The Morgan fingerprint density at radius 1 is 1.44 bits per heavy atom. The van der Waals surface area contributed by atoms with Gasteiger partial charge in [-0.2, -0.15) is 0 Å². The zero-order valence-corrected chi connectivity index (χ0v) is 10.6. The minimum absolute atomic E-state index is 0.0843. The molecule has 1 aromatic rings. The molecule has 1 saturated heterocycles. The van der Waals surface area contributed by atoms with Crippen LogP contribution in [0.3, 0.4) is 0 Å². The lowest BCUT2D eigenvalue weighted by atomic mass is 10.2. The van der Waals surface area contributed by atoms with Crippen LogP contribution in [0.2, 0.25) is 0 Å². The summed E-state index contributed by atoms with van der Waals surface area (Å²) >= 11 is 0. The van der Waals surface area contributed by atoms with Crippen LogP contribution in [0.5, 0.6) is 0 Å². The molecule has 2 aliphatic rings. The van der Waals surface area contributed by atoms with E-state index in [1.54, 1.807) is 0 Å². The molecular formula is C14H19NO3. The van der Waals surface area contributed by atoms with Crippen molar-refractivity contribution in [2.45, 2.75) is 38.1 Å². The number of hydrogen-bond donors (Lipinski definition) is 1. The average Bonchev–Trinajstić information content (AvgIpc) is 2.86. The maximum atomic E-state index is 11.6. The minimum atomic E-state index is 0.0843. The number of carbonyl (C=O) groups is 1. The Balaban J connectivity index is 1.44. The van der Waals surface area contributed by atoms with Gasteiger partial charge in [-0.3, -0.25) is 4.79 Å². The summed E-state index contributed by atoms with van der Waals surface area (Å²) in [6.45, 7) is 3.54. The quantitative estimate of drug-likeness (QED) is 0.866. The van der Waals surface area contributed by atoms with Crippen molar-refractivity contribution in [1.29, 1.82) is 0 Å². The summed E-state index contributed by atoms with van der Waals surface area (Å²) in [6, 6.07) is 4.28. The highest BCUT2D eigenvalue weighted by Gasteiger charge is 2.36. The molecule has 0 radical (unpaired) electrons. The largest absolute Gasteiger partial charge is 0.466 e. The number of aryl methyl sites for hydroxylation is 1. The molecule has 2 atom stereocenters. The molecular weight excluding hydrogens is 230 g/mol. The molecule has 2 unspecified atom stereocenters. The van der Waals surface area contributed by atoms with Crippen LogP contribution in [0, 0.1) is 5.92 Å². The molecule has 3 rings (SSSR count). The number of furan rings is 1. The predicted octanol–water partition coefficient (Wildman–Crippen LogP) is 1.85. The van der Waals surface area contributed by atoms with Gasteiger partial charge < -0.3 is 14.5 Å². The van der Waals surface area contributed by atoms with Crippen LogP contribution in [-0.4, -0.2) is 25.2 Å². The SMILES string of the molecule is CC1CC1c1ccc(CCC(=O)NC2COC2)o1. The van der Waals surface area contributed by atoms with E-state index < -0.39 is 0 Å². The van der Waals surface area contributed by atoms with Gasteiger partial charge in [-0.25, -0.2) is 0 Å². The Morgan fingerprint density at radius 2 is 2.22 bits per heavy atom. The molecule has 2 heterocycles. The molecule has 0 spiro atoms. The van der Waals surface area contributed by atoms with Crippen LogP contribution < -0.4 is 5.32 Å². The van der Waals surface area contributed by atoms with Crippen LogP contribution in [-0.2, 0) is 16.0 Å². The number of amides is 1. The van der Waals surface area contributed by atoms with Gasteiger partial charge in [0.2, 0.25) is 5.91 Å². The first-order chi connectivity index (χ1) is 8.72. The van der Waals surface area contributed by atoms with Crippen molar-refractivity contribution in [3.63, 3.8) is 0 Å². The lowest BCUT2D eigenvalue weighted by Gasteiger charge is -2.26. The molecule has 4 nitrogen and oxygen atoms in total. The van der Waals surface area contributed by atoms with Gasteiger partial charge in [0.25, 0.3) is 0 Å². The predicted molar refractivity (Wildman–Crippen MR) is 66.3 cm³/mol. The molecule has 0 aromatic carbocycles. The fourth-order valence-corrected chi connectivity index (χ4v) is 2.30. The second kappa shape index (κ2) is 4.76. The number of nitrogens with one attached hydrogen (secondary N) is 1. The second-order valence-corrected chi connectivity index (χ2v) is 5.43. The van der Waals surface area contributed by atoms with Crippen LogP contribution in [0.4, 0.5) is 0 Å². The van der Waals surface area contributed by atoms with E-state index in [-0.39, 0.29) is 11.9 Å². The summed E-state index contributed by atoms with van der Waals surface area (Å²) in [7, 11) is 0. The van der Waals surface area contributed by atoms with Gasteiger partial charge in [-0.15, -0.1) is 0 Å². The standard InChI is InChI=1S/C14H19NO3/c1-9-6-12(9)13-4-2-11(18-13)3-5-14(16)15-10-7-17-8-10/h2,4,9-10,12H,3,5-8H2,1H3,(H,15,16). The van der Waals surface area contributed by atoms with Gasteiger partial charge in [-0.05, 0) is 24.5 Å². The molecule has 2 fully saturated rings.